The molecule has 17 heavy (non-hydrogen) atoms. The van der Waals surface area contributed by atoms with E-state index in [9.17, 15) is 5.11 Å². The first-order valence-corrected chi connectivity index (χ1v) is 5.63. The molecule has 3 N–H and O–H groups in total. The van der Waals surface area contributed by atoms with E-state index >= 15 is 0 Å². The largest absolute Gasteiger partial charge is 0.496 e. The van der Waals surface area contributed by atoms with Gasteiger partial charge in [-0.2, -0.15) is 0 Å². The fourth-order valence-electron chi connectivity index (χ4n) is 1.66. The second-order valence-corrected chi connectivity index (χ2v) is 5.08. The summed E-state index contributed by atoms with van der Waals surface area (Å²) in [5.74, 6) is 0.626. The minimum atomic E-state index is -0.794. The summed E-state index contributed by atoms with van der Waals surface area (Å²) in [4.78, 5) is 0. The Balaban J connectivity index is 3.15. The Labute approximate surface area is 102 Å². The van der Waals surface area contributed by atoms with E-state index in [0.29, 0.717) is 11.3 Å². The zero-order chi connectivity index (χ0) is 13.1. The highest BCUT2D eigenvalue weighted by atomic mass is 16.5. The second kappa shape index (κ2) is 5.49. The molecule has 0 fully saturated rings. The molecule has 96 valence electrons. The molecule has 4 nitrogen and oxygen atoms in total. The lowest BCUT2D eigenvalue weighted by Crippen LogP contribution is -2.19. The van der Waals surface area contributed by atoms with Crippen molar-refractivity contribution in [3.63, 3.8) is 0 Å². The van der Waals surface area contributed by atoms with Crippen LogP contribution < -0.4 is 10.2 Å². The number of methoxy groups -OCH3 is 1. The molecule has 0 aliphatic rings. The molecule has 0 heterocycles. The summed E-state index contributed by atoms with van der Waals surface area (Å²) in [6, 6.07) is 5.75. The van der Waals surface area contributed by atoms with Crippen molar-refractivity contribution in [3.05, 3.63) is 29.3 Å². The van der Waals surface area contributed by atoms with Gasteiger partial charge in [0.1, 0.15) is 5.75 Å². The number of hydrogen-bond acceptors (Lipinski definition) is 4. The van der Waals surface area contributed by atoms with Crippen LogP contribution in [-0.2, 0) is 5.41 Å². The van der Waals surface area contributed by atoms with Crippen LogP contribution >= 0.6 is 0 Å². The van der Waals surface area contributed by atoms with Gasteiger partial charge in [0, 0.05) is 5.56 Å². The molecular weight excluding hydrogens is 218 g/mol. The minimum absolute atomic E-state index is 0.00733. The topological polar surface area (TPSA) is 61.7 Å². The Kier molecular flexibility index (Phi) is 4.51. The molecule has 1 aromatic carbocycles. The number of nitrogens with one attached hydrogen (secondary N) is 1. The highest BCUT2D eigenvalue weighted by Crippen LogP contribution is 2.31. The summed E-state index contributed by atoms with van der Waals surface area (Å²) in [6.45, 7) is 6.39. The average Bonchev–Trinajstić information content (AvgIpc) is 2.27. The van der Waals surface area contributed by atoms with Gasteiger partial charge in [-0.15, -0.1) is 0 Å². The van der Waals surface area contributed by atoms with E-state index in [1.54, 1.807) is 7.11 Å². The molecule has 4 heteroatoms. The van der Waals surface area contributed by atoms with Crippen LogP contribution in [0.2, 0.25) is 0 Å². The zero-order valence-electron chi connectivity index (χ0n) is 10.8. The molecule has 0 saturated heterocycles. The van der Waals surface area contributed by atoms with Crippen molar-refractivity contribution in [3.8, 4) is 5.75 Å². The normalized spacial score (nSPS) is 13.5. The van der Waals surface area contributed by atoms with Crippen LogP contribution in [0.15, 0.2) is 18.2 Å². The van der Waals surface area contributed by atoms with Gasteiger partial charge in [0.25, 0.3) is 0 Å². The summed E-state index contributed by atoms with van der Waals surface area (Å²) in [5, 5.41) is 18.6. The maximum atomic E-state index is 9.92. The van der Waals surface area contributed by atoms with E-state index in [1.165, 1.54) is 0 Å². The van der Waals surface area contributed by atoms with E-state index < -0.39 is 6.10 Å². The average molecular weight is 239 g/mol. The van der Waals surface area contributed by atoms with Gasteiger partial charge in [0.15, 0.2) is 0 Å². The molecule has 1 unspecified atom stereocenters. The smallest absolute Gasteiger partial charge is 0.124 e. The quantitative estimate of drug-likeness (QED) is 0.703. The maximum absolute atomic E-state index is 9.92. The second-order valence-electron chi connectivity index (χ2n) is 5.08. The molecule has 1 rings (SSSR count). The fraction of sp³-hybridized carbons (Fsp3) is 0.538. The number of ether oxygens (including phenoxy) is 1. The van der Waals surface area contributed by atoms with Gasteiger partial charge in [-0.05, 0) is 23.1 Å². The molecule has 1 atom stereocenters. The first kappa shape index (κ1) is 14.0. The fourth-order valence-corrected chi connectivity index (χ4v) is 1.66. The number of benzene rings is 1. The third-order valence-electron chi connectivity index (χ3n) is 2.74. The molecular formula is C13H21NO3. The van der Waals surface area contributed by atoms with Crippen molar-refractivity contribution >= 4 is 0 Å². The molecule has 0 bridgehead atoms. The van der Waals surface area contributed by atoms with Crippen LogP contribution in [0.25, 0.3) is 0 Å². The molecule has 0 aromatic heterocycles. The summed E-state index contributed by atoms with van der Waals surface area (Å²) < 4.78 is 5.21. The molecule has 0 amide bonds. The lowest BCUT2D eigenvalue weighted by molar-refractivity contribution is 0.0906. The van der Waals surface area contributed by atoms with E-state index in [4.69, 9.17) is 9.94 Å². The Hall–Kier alpha value is -1.10. The highest BCUT2D eigenvalue weighted by molar-refractivity contribution is 5.41. The third kappa shape index (κ3) is 3.43. The van der Waals surface area contributed by atoms with Gasteiger partial charge in [0.05, 0.1) is 19.8 Å². The third-order valence-corrected chi connectivity index (χ3v) is 2.74. The van der Waals surface area contributed by atoms with Crippen LogP contribution in [0.5, 0.6) is 5.75 Å². The Morgan fingerprint density at radius 1 is 1.35 bits per heavy atom. The first-order chi connectivity index (χ1) is 7.90. The van der Waals surface area contributed by atoms with Crippen LogP contribution in [-0.4, -0.2) is 24.0 Å². The maximum Gasteiger partial charge on any atom is 0.124 e. The van der Waals surface area contributed by atoms with Crippen molar-refractivity contribution in [2.24, 2.45) is 0 Å². The van der Waals surface area contributed by atoms with E-state index in [1.807, 2.05) is 23.7 Å². The first-order valence-electron chi connectivity index (χ1n) is 5.63. The number of hydroxylamine groups is 1. The standard InChI is InChI=1S/C13H21NO3/c1-13(2,3)9-5-6-12(17-4)10(7-9)11(15)8-14-16/h5-7,11,14-16H,8H2,1-4H3. The zero-order valence-corrected chi connectivity index (χ0v) is 10.8. The predicted octanol–water partition coefficient (Wildman–Crippen LogP) is 2.00. The summed E-state index contributed by atoms with van der Waals surface area (Å²) in [7, 11) is 1.56. The Morgan fingerprint density at radius 2 is 2.00 bits per heavy atom. The van der Waals surface area contributed by atoms with E-state index in [-0.39, 0.29) is 12.0 Å². The molecule has 1 aromatic rings. The highest BCUT2D eigenvalue weighted by Gasteiger charge is 2.19. The van der Waals surface area contributed by atoms with Crippen LogP contribution in [0.3, 0.4) is 0 Å². The summed E-state index contributed by atoms with van der Waals surface area (Å²) >= 11 is 0. The molecule has 0 aliphatic carbocycles. The van der Waals surface area contributed by atoms with Gasteiger partial charge < -0.3 is 15.1 Å². The number of hydrogen-bond donors (Lipinski definition) is 3. The Bertz CT molecular complexity index is 371. The van der Waals surface area contributed by atoms with Crippen LogP contribution in [0.4, 0.5) is 0 Å². The molecule has 0 aliphatic heterocycles. The predicted molar refractivity (Wildman–Crippen MR) is 66.4 cm³/mol. The molecule has 0 spiro atoms. The summed E-state index contributed by atoms with van der Waals surface area (Å²) in [6.07, 6.45) is -0.794. The van der Waals surface area contributed by atoms with Gasteiger partial charge in [-0.3, -0.25) is 0 Å². The summed E-state index contributed by atoms with van der Waals surface area (Å²) in [5.41, 5.74) is 3.78. The number of aliphatic hydroxyl groups is 1. The van der Waals surface area contributed by atoms with Crippen molar-refractivity contribution < 1.29 is 15.1 Å². The van der Waals surface area contributed by atoms with Crippen molar-refractivity contribution in [1.82, 2.24) is 5.48 Å². The van der Waals surface area contributed by atoms with Crippen LogP contribution in [0, 0.1) is 0 Å². The van der Waals surface area contributed by atoms with Crippen molar-refractivity contribution in [1.29, 1.82) is 0 Å². The van der Waals surface area contributed by atoms with Gasteiger partial charge in [0.2, 0.25) is 0 Å². The van der Waals surface area contributed by atoms with Gasteiger partial charge >= 0.3 is 0 Å². The van der Waals surface area contributed by atoms with Crippen molar-refractivity contribution in [2.75, 3.05) is 13.7 Å². The Morgan fingerprint density at radius 3 is 2.47 bits per heavy atom. The van der Waals surface area contributed by atoms with E-state index in [0.717, 1.165) is 5.56 Å². The van der Waals surface area contributed by atoms with Crippen molar-refractivity contribution in [2.45, 2.75) is 32.3 Å². The SMILES string of the molecule is COc1ccc(C(C)(C)C)cc1C(O)CNO. The van der Waals surface area contributed by atoms with Gasteiger partial charge in [-0.25, -0.2) is 5.48 Å². The monoisotopic (exact) mass is 239 g/mol. The number of aliphatic hydroxyl groups excluding tert-OH is 1. The molecule has 0 radical (unpaired) electrons. The minimum Gasteiger partial charge on any atom is -0.496 e. The van der Waals surface area contributed by atoms with E-state index in [2.05, 4.69) is 20.8 Å². The lowest BCUT2D eigenvalue weighted by Gasteiger charge is -2.22. The molecule has 0 saturated carbocycles. The van der Waals surface area contributed by atoms with Crippen LogP contribution in [0.1, 0.15) is 38.0 Å². The lowest BCUT2D eigenvalue weighted by atomic mass is 9.85. The van der Waals surface area contributed by atoms with Gasteiger partial charge in [-0.1, -0.05) is 26.8 Å². The number of rotatable bonds is 4.